The Morgan fingerprint density at radius 2 is 1.88 bits per heavy atom. The molecule has 0 atom stereocenters. The number of hydrogen-bond donors (Lipinski definition) is 0. The van der Waals surface area contributed by atoms with Gasteiger partial charge in [0.1, 0.15) is 17.5 Å². The van der Waals surface area contributed by atoms with Crippen molar-refractivity contribution >= 4 is 17.5 Å². The van der Waals surface area contributed by atoms with E-state index < -0.39 is 0 Å². The van der Waals surface area contributed by atoms with E-state index in [1.807, 2.05) is 34.9 Å². The molecular formula is C13H9N3O. The van der Waals surface area contributed by atoms with Crippen LogP contribution in [0.25, 0.3) is 16.9 Å². The van der Waals surface area contributed by atoms with Gasteiger partial charge >= 0.3 is 0 Å². The molecule has 3 rings (SSSR count). The number of benzene rings is 1. The highest BCUT2D eigenvalue weighted by Crippen LogP contribution is 2.16. The van der Waals surface area contributed by atoms with E-state index in [0.717, 1.165) is 17.5 Å². The molecule has 3 aromatic rings. The maximum atomic E-state index is 10.7. The second-order valence-corrected chi connectivity index (χ2v) is 3.65. The van der Waals surface area contributed by atoms with Crippen LogP contribution in [-0.4, -0.2) is 20.8 Å². The maximum Gasteiger partial charge on any atom is 0.168 e. The minimum absolute atomic E-state index is 0.412. The summed E-state index contributed by atoms with van der Waals surface area (Å²) < 4.78 is 1.86. The standard InChI is InChI=1S/C13H9N3O/c17-8-10-6-7-12-13(15-10)16(9-14-12)11-4-2-1-3-5-11/h1-9H. The summed E-state index contributed by atoms with van der Waals surface area (Å²) in [5.74, 6) is 0. The fourth-order valence-electron chi connectivity index (χ4n) is 1.75. The Bertz CT molecular complexity index is 673. The maximum absolute atomic E-state index is 10.7. The van der Waals surface area contributed by atoms with Gasteiger partial charge in [-0.3, -0.25) is 9.36 Å². The molecular weight excluding hydrogens is 214 g/mol. The highest BCUT2D eigenvalue weighted by atomic mass is 16.1. The van der Waals surface area contributed by atoms with Gasteiger partial charge < -0.3 is 0 Å². The molecule has 0 aliphatic carbocycles. The Balaban J connectivity index is 2.27. The molecule has 0 fully saturated rings. The average Bonchev–Trinajstić information content (AvgIpc) is 2.82. The van der Waals surface area contributed by atoms with Crippen LogP contribution in [0.5, 0.6) is 0 Å². The van der Waals surface area contributed by atoms with Gasteiger partial charge in [-0.05, 0) is 24.3 Å². The third-order valence-electron chi connectivity index (χ3n) is 2.57. The van der Waals surface area contributed by atoms with Crippen molar-refractivity contribution < 1.29 is 4.79 Å². The van der Waals surface area contributed by atoms with E-state index in [9.17, 15) is 4.79 Å². The molecule has 0 saturated carbocycles. The van der Waals surface area contributed by atoms with Crippen LogP contribution in [0.15, 0.2) is 48.8 Å². The number of aromatic nitrogens is 3. The number of rotatable bonds is 2. The number of fused-ring (bicyclic) bond motifs is 1. The molecule has 0 radical (unpaired) electrons. The SMILES string of the molecule is O=Cc1ccc2ncn(-c3ccccc3)c2n1. The van der Waals surface area contributed by atoms with Gasteiger partial charge in [0.05, 0.1) is 0 Å². The molecule has 4 nitrogen and oxygen atoms in total. The van der Waals surface area contributed by atoms with Crippen LogP contribution in [0.3, 0.4) is 0 Å². The van der Waals surface area contributed by atoms with Crippen molar-refractivity contribution in [2.75, 3.05) is 0 Å². The topological polar surface area (TPSA) is 47.8 Å². The molecule has 0 spiro atoms. The molecule has 0 amide bonds. The first-order valence-corrected chi connectivity index (χ1v) is 5.23. The van der Waals surface area contributed by atoms with Crippen molar-refractivity contribution in [2.24, 2.45) is 0 Å². The van der Waals surface area contributed by atoms with Gasteiger partial charge in [0.2, 0.25) is 0 Å². The second-order valence-electron chi connectivity index (χ2n) is 3.65. The van der Waals surface area contributed by atoms with Crippen molar-refractivity contribution in [3.05, 3.63) is 54.5 Å². The van der Waals surface area contributed by atoms with Crippen LogP contribution in [-0.2, 0) is 0 Å². The van der Waals surface area contributed by atoms with Crippen molar-refractivity contribution in [1.29, 1.82) is 0 Å². The fraction of sp³-hybridized carbons (Fsp3) is 0. The Kier molecular flexibility index (Phi) is 2.19. The summed E-state index contributed by atoms with van der Waals surface area (Å²) in [6.07, 6.45) is 2.45. The lowest BCUT2D eigenvalue weighted by molar-refractivity contribution is 0.111. The summed E-state index contributed by atoms with van der Waals surface area (Å²) in [7, 11) is 0. The molecule has 0 unspecified atom stereocenters. The highest BCUT2D eigenvalue weighted by molar-refractivity contribution is 5.80. The second kappa shape index (κ2) is 3.83. The lowest BCUT2D eigenvalue weighted by atomic mass is 10.3. The van der Waals surface area contributed by atoms with Gasteiger partial charge in [0, 0.05) is 5.69 Å². The number of aldehydes is 1. The van der Waals surface area contributed by atoms with Crippen LogP contribution in [0.2, 0.25) is 0 Å². The van der Waals surface area contributed by atoms with Gasteiger partial charge in [-0.2, -0.15) is 0 Å². The molecule has 0 aliphatic rings. The quantitative estimate of drug-likeness (QED) is 0.626. The zero-order chi connectivity index (χ0) is 11.7. The summed E-state index contributed by atoms with van der Waals surface area (Å²) in [5.41, 5.74) is 2.86. The number of nitrogens with zero attached hydrogens (tertiary/aromatic N) is 3. The van der Waals surface area contributed by atoms with E-state index >= 15 is 0 Å². The molecule has 17 heavy (non-hydrogen) atoms. The summed E-state index contributed by atoms with van der Waals surface area (Å²) in [6, 6.07) is 13.2. The molecule has 2 heterocycles. The van der Waals surface area contributed by atoms with E-state index in [1.165, 1.54) is 0 Å². The monoisotopic (exact) mass is 223 g/mol. The first kappa shape index (κ1) is 9.72. The van der Waals surface area contributed by atoms with Crippen molar-refractivity contribution in [3.8, 4) is 5.69 Å². The molecule has 0 saturated heterocycles. The predicted molar refractivity (Wildman–Crippen MR) is 64.3 cm³/mol. The highest BCUT2D eigenvalue weighted by Gasteiger charge is 2.06. The number of hydrogen-bond acceptors (Lipinski definition) is 3. The summed E-state index contributed by atoms with van der Waals surface area (Å²) in [6.45, 7) is 0. The molecule has 2 aromatic heterocycles. The molecule has 0 bridgehead atoms. The third kappa shape index (κ3) is 1.59. The Morgan fingerprint density at radius 1 is 1.06 bits per heavy atom. The number of para-hydroxylation sites is 1. The van der Waals surface area contributed by atoms with Gasteiger partial charge in [-0.15, -0.1) is 0 Å². The lowest BCUT2D eigenvalue weighted by Gasteiger charge is -2.02. The van der Waals surface area contributed by atoms with Gasteiger partial charge in [-0.1, -0.05) is 18.2 Å². The minimum atomic E-state index is 0.412. The third-order valence-corrected chi connectivity index (χ3v) is 2.57. The van der Waals surface area contributed by atoms with Crippen molar-refractivity contribution in [2.45, 2.75) is 0 Å². The van der Waals surface area contributed by atoms with Crippen LogP contribution in [0, 0.1) is 0 Å². The Morgan fingerprint density at radius 3 is 2.65 bits per heavy atom. The molecule has 4 heteroatoms. The van der Waals surface area contributed by atoms with Gasteiger partial charge in [0.25, 0.3) is 0 Å². The van der Waals surface area contributed by atoms with Crippen LogP contribution in [0.4, 0.5) is 0 Å². The zero-order valence-corrected chi connectivity index (χ0v) is 8.95. The van der Waals surface area contributed by atoms with Gasteiger partial charge in [-0.25, -0.2) is 9.97 Å². The minimum Gasteiger partial charge on any atom is -0.296 e. The number of imidazole rings is 1. The lowest BCUT2D eigenvalue weighted by Crippen LogP contribution is -1.95. The van der Waals surface area contributed by atoms with Crippen molar-refractivity contribution in [3.63, 3.8) is 0 Å². The fourth-order valence-corrected chi connectivity index (χ4v) is 1.75. The smallest absolute Gasteiger partial charge is 0.168 e. The molecule has 0 aliphatic heterocycles. The number of pyridine rings is 1. The summed E-state index contributed by atoms with van der Waals surface area (Å²) >= 11 is 0. The molecule has 82 valence electrons. The first-order valence-electron chi connectivity index (χ1n) is 5.23. The average molecular weight is 223 g/mol. The Labute approximate surface area is 97.6 Å². The first-order chi connectivity index (χ1) is 8.38. The van der Waals surface area contributed by atoms with E-state index in [1.54, 1.807) is 18.5 Å². The van der Waals surface area contributed by atoms with E-state index in [2.05, 4.69) is 9.97 Å². The number of carbonyl (C=O) groups excluding carboxylic acids is 1. The molecule has 1 aromatic carbocycles. The predicted octanol–water partition coefficient (Wildman–Crippen LogP) is 2.23. The van der Waals surface area contributed by atoms with Crippen LogP contribution in [0.1, 0.15) is 10.5 Å². The van der Waals surface area contributed by atoms with E-state index in [0.29, 0.717) is 11.3 Å². The van der Waals surface area contributed by atoms with Gasteiger partial charge in [0.15, 0.2) is 11.9 Å². The summed E-state index contributed by atoms with van der Waals surface area (Å²) in [4.78, 5) is 19.2. The van der Waals surface area contributed by atoms with Crippen LogP contribution < -0.4 is 0 Å². The van der Waals surface area contributed by atoms with Crippen LogP contribution >= 0.6 is 0 Å². The molecule has 0 N–H and O–H groups in total. The number of carbonyl (C=O) groups is 1. The largest absolute Gasteiger partial charge is 0.296 e. The van der Waals surface area contributed by atoms with E-state index in [-0.39, 0.29) is 0 Å². The normalized spacial score (nSPS) is 10.6. The Hall–Kier alpha value is -2.49. The summed E-state index contributed by atoms with van der Waals surface area (Å²) in [5, 5.41) is 0. The van der Waals surface area contributed by atoms with Crippen molar-refractivity contribution in [1.82, 2.24) is 14.5 Å². The van der Waals surface area contributed by atoms with E-state index in [4.69, 9.17) is 0 Å². The zero-order valence-electron chi connectivity index (χ0n) is 8.95.